The maximum Gasteiger partial charge on any atom is 0.119 e. The molecule has 0 amide bonds. The molecule has 0 spiro atoms. The molecule has 0 radical (unpaired) electrons. The van der Waals surface area contributed by atoms with Gasteiger partial charge in [-0.25, -0.2) is 0 Å². The van der Waals surface area contributed by atoms with Crippen LogP contribution in [-0.4, -0.2) is 7.11 Å². The first-order chi connectivity index (χ1) is 6.56. The van der Waals surface area contributed by atoms with Gasteiger partial charge in [-0.2, -0.15) is 0 Å². The van der Waals surface area contributed by atoms with Crippen LogP contribution in [0.15, 0.2) is 18.2 Å². The molecule has 14 heavy (non-hydrogen) atoms. The van der Waals surface area contributed by atoms with Crippen molar-refractivity contribution in [2.45, 2.75) is 26.8 Å². The van der Waals surface area contributed by atoms with Gasteiger partial charge in [-0.1, -0.05) is 19.9 Å². The SMILES string of the molecule is COc1ccc(C)c([C@H](N)C(C)C)c1. The maximum absolute atomic E-state index is 6.11. The van der Waals surface area contributed by atoms with Gasteiger partial charge in [-0.3, -0.25) is 0 Å². The second-order valence-corrected chi connectivity index (χ2v) is 3.99. The van der Waals surface area contributed by atoms with Crippen molar-refractivity contribution in [1.29, 1.82) is 0 Å². The third-order valence-electron chi connectivity index (χ3n) is 2.56. The Kier molecular flexibility index (Phi) is 3.53. The molecule has 0 bridgehead atoms. The number of nitrogens with two attached hydrogens (primary N) is 1. The Labute approximate surface area is 86.1 Å². The van der Waals surface area contributed by atoms with E-state index in [0.29, 0.717) is 5.92 Å². The van der Waals surface area contributed by atoms with Gasteiger partial charge in [0.15, 0.2) is 0 Å². The molecule has 1 atom stereocenters. The van der Waals surface area contributed by atoms with Gasteiger partial charge in [-0.05, 0) is 36.1 Å². The zero-order valence-corrected chi connectivity index (χ0v) is 9.37. The first-order valence-corrected chi connectivity index (χ1v) is 4.96. The summed E-state index contributed by atoms with van der Waals surface area (Å²) in [6.45, 7) is 6.34. The zero-order chi connectivity index (χ0) is 10.7. The van der Waals surface area contributed by atoms with Gasteiger partial charge in [-0.15, -0.1) is 0 Å². The maximum atomic E-state index is 6.11. The van der Waals surface area contributed by atoms with E-state index in [1.165, 1.54) is 11.1 Å². The van der Waals surface area contributed by atoms with Crippen LogP contribution in [0.3, 0.4) is 0 Å². The lowest BCUT2D eigenvalue weighted by molar-refractivity contribution is 0.412. The molecule has 1 rings (SSSR count). The van der Waals surface area contributed by atoms with Gasteiger partial charge in [0, 0.05) is 6.04 Å². The predicted octanol–water partition coefficient (Wildman–Crippen LogP) is 2.66. The van der Waals surface area contributed by atoms with E-state index in [9.17, 15) is 0 Å². The van der Waals surface area contributed by atoms with Crippen molar-refractivity contribution in [3.63, 3.8) is 0 Å². The second-order valence-electron chi connectivity index (χ2n) is 3.99. The van der Waals surface area contributed by atoms with Crippen LogP contribution in [0.4, 0.5) is 0 Å². The van der Waals surface area contributed by atoms with Crippen molar-refractivity contribution in [3.8, 4) is 5.75 Å². The fourth-order valence-electron chi connectivity index (χ4n) is 1.46. The monoisotopic (exact) mass is 193 g/mol. The number of rotatable bonds is 3. The molecular formula is C12H19NO. The molecule has 0 unspecified atom stereocenters. The molecule has 0 fully saturated rings. The summed E-state index contributed by atoms with van der Waals surface area (Å²) in [6, 6.07) is 6.13. The van der Waals surface area contributed by atoms with Crippen LogP contribution in [0.25, 0.3) is 0 Å². The number of aryl methyl sites for hydroxylation is 1. The average Bonchev–Trinajstić information content (AvgIpc) is 2.17. The Bertz CT molecular complexity index is 307. The summed E-state index contributed by atoms with van der Waals surface area (Å²) in [5.74, 6) is 1.32. The van der Waals surface area contributed by atoms with Gasteiger partial charge >= 0.3 is 0 Å². The number of hydrogen-bond donors (Lipinski definition) is 1. The standard InChI is InChI=1S/C12H19NO/c1-8(2)12(13)11-7-10(14-4)6-5-9(11)3/h5-8,12H,13H2,1-4H3/t12-/m1/s1. The molecule has 0 aromatic heterocycles. The van der Waals surface area contributed by atoms with Crippen molar-refractivity contribution in [3.05, 3.63) is 29.3 Å². The molecule has 1 aromatic rings. The van der Waals surface area contributed by atoms with Crippen LogP contribution in [-0.2, 0) is 0 Å². The highest BCUT2D eigenvalue weighted by Crippen LogP contribution is 2.25. The Morgan fingerprint density at radius 2 is 1.93 bits per heavy atom. The summed E-state index contributed by atoms with van der Waals surface area (Å²) in [4.78, 5) is 0. The van der Waals surface area contributed by atoms with E-state index in [1.54, 1.807) is 7.11 Å². The van der Waals surface area contributed by atoms with Crippen molar-refractivity contribution in [2.75, 3.05) is 7.11 Å². The molecule has 78 valence electrons. The highest BCUT2D eigenvalue weighted by molar-refractivity contribution is 5.36. The van der Waals surface area contributed by atoms with E-state index < -0.39 is 0 Å². The van der Waals surface area contributed by atoms with Crippen LogP contribution in [0.2, 0.25) is 0 Å². The molecule has 0 saturated carbocycles. The minimum absolute atomic E-state index is 0.0881. The van der Waals surface area contributed by atoms with Crippen LogP contribution in [0.5, 0.6) is 5.75 Å². The largest absolute Gasteiger partial charge is 0.497 e. The molecule has 2 nitrogen and oxygen atoms in total. The first-order valence-electron chi connectivity index (χ1n) is 4.96. The molecule has 0 aliphatic heterocycles. The van der Waals surface area contributed by atoms with Gasteiger partial charge in [0.2, 0.25) is 0 Å². The number of ether oxygens (including phenoxy) is 1. The van der Waals surface area contributed by atoms with Gasteiger partial charge < -0.3 is 10.5 Å². The van der Waals surface area contributed by atoms with Crippen LogP contribution >= 0.6 is 0 Å². The van der Waals surface area contributed by atoms with Crippen molar-refractivity contribution >= 4 is 0 Å². The third kappa shape index (κ3) is 2.26. The molecule has 0 aliphatic rings. The zero-order valence-electron chi connectivity index (χ0n) is 9.37. The lowest BCUT2D eigenvalue weighted by atomic mass is 9.93. The molecule has 2 N–H and O–H groups in total. The first kappa shape index (κ1) is 11.1. The summed E-state index contributed by atoms with van der Waals surface area (Å²) in [7, 11) is 1.68. The van der Waals surface area contributed by atoms with Crippen LogP contribution in [0, 0.1) is 12.8 Å². The minimum atomic E-state index is 0.0881. The quantitative estimate of drug-likeness (QED) is 0.801. The molecule has 0 saturated heterocycles. The molecule has 2 heteroatoms. The average molecular weight is 193 g/mol. The lowest BCUT2D eigenvalue weighted by Gasteiger charge is -2.19. The van der Waals surface area contributed by atoms with Gasteiger partial charge in [0.1, 0.15) is 5.75 Å². The normalized spacial score (nSPS) is 13.0. The Morgan fingerprint density at radius 3 is 2.43 bits per heavy atom. The smallest absolute Gasteiger partial charge is 0.119 e. The van der Waals surface area contributed by atoms with Crippen LogP contribution < -0.4 is 10.5 Å². The second kappa shape index (κ2) is 4.47. The van der Waals surface area contributed by atoms with E-state index in [1.807, 2.05) is 12.1 Å². The summed E-state index contributed by atoms with van der Waals surface area (Å²) < 4.78 is 5.18. The van der Waals surface area contributed by atoms with Crippen molar-refractivity contribution < 1.29 is 4.74 Å². The molecule has 0 aliphatic carbocycles. The summed E-state index contributed by atoms with van der Waals surface area (Å²) in [5, 5.41) is 0. The Balaban J connectivity index is 3.05. The summed E-state index contributed by atoms with van der Waals surface area (Å²) in [5.41, 5.74) is 8.52. The van der Waals surface area contributed by atoms with E-state index in [4.69, 9.17) is 10.5 Å². The summed E-state index contributed by atoms with van der Waals surface area (Å²) in [6.07, 6.45) is 0. The van der Waals surface area contributed by atoms with Gasteiger partial charge in [0.25, 0.3) is 0 Å². The van der Waals surface area contributed by atoms with Crippen molar-refractivity contribution in [1.82, 2.24) is 0 Å². The molecule has 0 heterocycles. The number of benzene rings is 1. The van der Waals surface area contributed by atoms with Crippen LogP contribution in [0.1, 0.15) is 31.0 Å². The van der Waals surface area contributed by atoms with E-state index in [-0.39, 0.29) is 6.04 Å². The Hall–Kier alpha value is -1.02. The molecule has 1 aromatic carbocycles. The number of hydrogen-bond acceptors (Lipinski definition) is 2. The molecular weight excluding hydrogens is 174 g/mol. The fourth-order valence-corrected chi connectivity index (χ4v) is 1.46. The van der Waals surface area contributed by atoms with E-state index in [0.717, 1.165) is 5.75 Å². The third-order valence-corrected chi connectivity index (χ3v) is 2.56. The lowest BCUT2D eigenvalue weighted by Crippen LogP contribution is -2.17. The fraction of sp³-hybridized carbons (Fsp3) is 0.500. The predicted molar refractivity (Wildman–Crippen MR) is 59.5 cm³/mol. The highest BCUT2D eigenvalue weighted by Gasteiger charge is 2.13. The highest BCUT2D eigenvalue weighted by atomic mass is 16.5. The minimum Gasteiger partial charge on any atom is -0.497 e. The number of methoxy groups -OCH3 is 1. The van der Waals surface area contributed by atoms with E-state index in [2.05, 4.69) is 26.8 Å². The van der Waals surface area contributed by atoms with Gasteiger partial charge in [0.05, 0.1) is 7.11 Å². The summed E-state index contributed by atoms with van der Waals surface area (Å²) >= 11 is 0. The van der Waals surface area contributed by atoms with Crippen molar-refractivity contribution in [2.24, 2.45) is 11.7 Å². The topological polar surface area (TPSA) is 35.2 Å². The Morgan fingerprint density at radius 1 is 1.29 bits per heavy atom. The van der Waals surface area contributed by atoms with E-state index >= 15 is 0 Å².